The average molecular weight is 331 g/mol. The Morgan fingerprint density at radius 2 is 1.96 bits per heavy atom. The van der Waals surface area contributed by atoms with Gasteiger partial charge in [-0.25, -0.2) is 9.59 Å². The number of piperidine rings is 1. The van der Waals surface area contributed by atoms with Gasteiger partial charge in [0, 0.05) is 12.6 Å². The molecule has 0 N–H and O–H groups in total. The Kier molecular flexibility index (Phi) is 4.09. The minimum absolute atomic E-state index is 0.0478. The Labute approximate surface area is 141 Å². The second-order valence-corrected chi connectivity index (χ2v) is 6.37. The molecule has 1 saturated heterocycles. The number of ether oxygens (including phenoxy) is 3. The average Bonchev–Trinajstić information content (AvgIpc) is 2.82. The first-order chi connectivity index (χ1) is 11.4. The quantitative estimate of drug-likeness (QED) is 0.622. The molecule has 1 fully saturated rings. The van der Waals surface area contributed by atoms with Crippen LogP contribution < -0.4 is 4.74 Å². The lowest BCUT2D eigenvalue weighted by molar-refractivity contribution is -0.150. The van der Waals surface area contributed by atoms with Gasteiger partial charge in [0.15, 0.2) is 0 Å². The summed E-state index contributed by atoms with van der Waals surface area (Å²) in [6.45, 7) is 2.36. The van der Waals surface area contributed by atoms with Crippen molar-refractivity contribution in [1.29, 1.82) is 0 Å². The molecule has 0 saturated carbocycles. The van der Waals surface area contributed by atoms with E-state index in [9.17, 15) is 9.59 Å². The van der Waals surface area contributed by atoms with Crippen LogP contribution in [0.2, 0.25) is 0 Å². The molecule has 0 spiro atoms. The van der Waals surface area contributed by atoms with E-state index < -0.39 is 17.5 Å². The molecule has 6 nitrogen and oxygen atoms in total. The van der Waals surface area contributed by atoms with E-state index >= 15 is 0 Å². The van der Waals surface area contributed by atoms with Crippen molar-refractivity contribution >= 4 is 11.9 Å². The molecule has 2 aliphatic rings. The van der Waals surface area contributed by atoms with E-state index in [0.29, 0.717) is 13.0 Å². The van der Waals surface area contributed by atoms with Gasteiger partial charge in [0.2, 0.25) is 0 Å². The van der Waals surface area contributed by atoms with Crippen LogP contribution in [0.1, 0.15) is 24.9 Å². The van der Waals surface area contributed by atoms with Crippen LogP contribution in [0.15, 0.2) is 35.4 Å². The van der Waals surface area contributed by atoms with Crippen LogP contribution in [-0.4, -0.2) is 50.3 Å². The number of hydrogen-bond acceptors (Lipinski definition) is 6. The molecule has 0 aliphatic carbocycles. The lowest BCUT2D eigenvalue weighted by Gasteiger charge is -2.42. The van der Waals surface area contributed by atoms with E-state index in [2.05, 4.69) is 4.90 Å². The highest BCUT2D eigenvalue weighted by Gasteiger charge is 2.51. The number of fused-ring (bicyclic) bond motifs is 1. The summed E-state index contributed by atoms with van der Waals surface area (Å²) in [6.07, 6.45) is 0.537. The van der Waals surface area contributed by atoms with Crippen molar-refractivity contribution in [3.05, 3.63) is 41.0 Å². The van der Waals surface area contributed by atoms with Gasteiger partial charge in [-0.3, -0.25) is 4.90 Å². The van der Waals surface area contributed by atoms with Crippen molar-refractivity contribution in [2.24, 2.45) is 0 Å². The number of methoxy groups -OCH3 is 2. The minimum atomic E-state index is -0.779. The van der Waals surface area contributed by atoms with Crippen molar-refractivity contribution in [2.75, 3.05) is 27.8 Å². The van der Waals surface area contributed by atoms with E-state index in [1.807, 2.05) is 38.2 Å². The van der Waals surface area contributed by atoms with E-state index in [4.69, 9.17) is 14.2 Å². The molecule has 128 valence electrons. The molecule has 1 aromatic rings. The van der Waals surface area contributed by atoms with Crippen LogP contribution in [0.5, 0.6) is 5.75 Å². The summed E-state index contributed by atoms with van der Waals surface area (Å²) in [5.74, 6) is -0.434. The molecule has 2 atom stereocenters. The Bertz CT molecular complexity index is 709. The van der Waals surface area contributed by atoms with Crippen LogP contribution in [0.4, 0.5) is 0 Å². The fraction of sp³-hybridized carbons (Fsp3) is 0.444. The lowest BCUT2D eigenvalue weighted by Crippen LogP contribution is -2.47. The number of esters is 2. The molecule has 2 unspecified atom stereocenters. The number of likely N-dealkylation sites (N-methyl/N-ethyl adjacent to an activating group) is 1. The summed E-state index contributed by atoms with van der Waals surface area (Å²) in [4.78, 5) is 26.3. The summed E-state index contributed by atoms with van der Waals surface area (Å²) in [7, 11) is 4.89. The number of carbonyl (C=O) groups excluding carboxylic acids is 2. The van der Waals surface area contributed by atoms with E-state index in [1.165, 1.54) is 7.11 Å². The maximum Gasteiger partial charge on any atom is 0.346 e. The van der Waals surface area contributed by atoms with Crippen molar-refractivity contribution in [2.45, 2.75) is 25.0 Å². The van der Waals surface area contributed by atoms with Gasteiger partial charge >= 0.3 is 11.9 Å². The van der Waals surface area contributed by atoms with Crippen LogP contribution in [0.3, 0.4) is 0 Å². The van der Waals surface area contributed by atoms with Gasteiger partial charge in [-0.15, -0.1) is 0 Å². The first kappa shape index (κ1) is 16.5. The topological polar surface area (TPSA) is 65.1 Å². The Morgan fingerprint density at radius 3 is 2.54 bits per heavy atom. The van der Waals surface area contributed by atoms with Crippen molar-refractivity contribution in [3.63, 3.8) is 0 Å². The van der Waals surface area contributed by atoms with E-state index in [-0.39, 0.29) is 11.6 Å². The smallest absolute Gasteiger partial charge is 0.346 e. The fourth-order valence-electron chi connectivity index (χ4n) is 3.59. The van der Waals surface area contributed by atoms with Gasteiger partial charge in [0.1, 0.15) is 16.9 Å². The third-order valence-corrected chi connectivity index (χ3v) is 4.83. The summed E-state index contributed by atoms with van der Waals surface area (Å²) >= 11 is 0. The van der Waals surface area contributed by atoms with Gasteiger partial charge in [-0.2, -0.15) is 0 Å². The van der Waals surface area contributed by atoms with Crippen LogP contribution in [0.25, 0.3) is 0 Å². The van der Waals surface area contributed by atoms with Gasteiger partial charge in [-0.05, 0) is 43.7 Å². The maximum atomic E-state index is 12.2. The summed E-state index contributed by atoms with van der Waals surface area (Å²) in [5.41, 5.74) is 1.08. The molecule has 24 heavy (non-hydrogen) atoms. The number of hydrogen-bond donors (Lipinski definition) is 0. The fourth-order valence-corrected chi connectivity index (χ4v) is 3.59. The number of benzene rings is 1. The number of carbonyl (C=O) groups is 2. The number of likely N-dealkylation sites (tertiary alicyclic amines) is 1. The highest BCUT2D eigenvalue weighted by atomic mass is 16.6. The van der Waals surface area contributed by atoms with Crippen molar-refractivity contribution in [3.8, 4) is 5.75 Å². The third-order valence-electron chi connectivity index (χ3n) is 4.83. The van der Waals surface area contributed by atoms with Crippen molar-refractivity contribution < 1.29 is 23.8 Å². The normalized spacial score (nSPS) is 26.8. The molecular weight excluding hydrogens is 310 g/mol. The first-order valence-corrected chi connectivity index (χ1v) is 7.79. The standard InChI is InChI=1S/C18H21NO5/c1-18-10-19(2)14(11-5-7-12(22-3)8-6-11)9-13(18)15(16(20)23-4)17(21)24-18/h5-8,14H,9-10H2,1-4H3. The SMILES string of the molecule is COC(=O)C1=C2CC(c3ccc(OC)cc3)N(C)CC2(C)OC1=O. The molecule has 2 heterocycles. The Morgan fingerprint density at radius 1 is 1.29 bits per heavy atom. The molecular formula is C18H21NO5. The molecule has 0 aromatic heterocycles. The summed E-state index contributed by atoms with van der Waals surface area (Å²) in [5, 5.41) is 0. The predicted octanol–water partition coefficient (Wildman–Crippen LogP) is 1.86. The van der Waals surface area contributed by atoms with E-state index in [0.717, 1.165) is 16.9 Å². The van der Waals surface area contributed by atoms with Gasteiger partial charge < -0.3 is 14.2 Å². The molecule has 1 aromatic carbocycles. The Hall–Kier alpha value is -2.34. The zero-order valence-corrected chi connectivity index (χ0v) is 14.3. The minimum Gasteiger partial charge on any atom is -0.497 e. The van der Waals surface area contributed by atoms with Gasteiger partial charge in [0.25, 0.3) is 0 Å². The monoisotopic (exact) mass is 331 g/mol. The molecule has 6 heteroatoms. The van der Waals surface area contributed by atoms with E-state index in [1.54, 1.807) is 7.11 Å². The highest BCUT2D eigenvalue weighted by Crippen LogP contribution is 2.45. The van der Waals surface area contributed by atoms with Crippen molar-refractivity contribution in [1.82, 2.24) is 4.90 Å². The number of nitrogens with zero attached hydrogens (tertiary/aromatic N) is 1. The summed E-state index contributed by atoms with van der Waals surface area (Å²) < 4.78 is 15.5. The third kappa shape index (κ3) is 2.57. The lowest BCUT2D eigenvalue weighted by atomic mass is 9.81. The molecule has 3 rings (SSSR count). The predicted molar refractivity (Wildman–Crippen MR) is 86.5 cm³/mol. The Balaban J connectivity index is 1.99. The molecule has 0 radical (unpaired) electrons. The second-order valence-electron chi connectivity index (χ2n) is 6.37. The maximum absolute atomic E-state index is 12.2. The zero-order chi connectivity index (χ0) is 17.5. The molecule has 0 amide bonds. The molecule has 2 aliphatic heterocycles. The van der Waals surface area contributed by atoms with Crippen LogP contribution in [0, 0.1) is 0 Å². The second kappa shape index (κ2) is 5.94. The van der Waals surface area contributed by atoms with Crippen LogP contribution in [-0.2, 0) is 19.1 Å². The van der Waals surface area contributed by atoms with Gasteiger partial charge in [0.05, 0.1) is 14.2 Å². The largest absolute Gasteiger partial charge is 0.497 e. The number of rotatable bonds is 3. The van der Waals surface area contributed by atoms with Gasteiger partial charge in [-0.1, -0.05) is 12.1 Å². The highest BCUT2D eigenvalue weighted by molar-refractivity contribution is 6.16. The summed E-state index contributed by atoms with van der Waals surface area (Å²) in [6, 6.07) is 7.86. The molecule has 0 bridgehead atoms. The zero-order valence-electron chi connectivity index (χ0n) is 14.3. The van der Waals surface area contributed by atoms with Crippen LogP contribution >= 0.6 is 0 Å². The first-order valence-electron chi connectivity index (χ1n) is 7.79.